The van der Waals surface area contributed by atoms with Crippen molar-refractivity contribution < 1.29 is 37.7 Å². The van der Waals surface area contributed by atoms with E-state index in [1.165, 1.54) is 20.3 Å². The molecule has 1 heterocycles. The van der Waals surface area contributed by atoms with Crippen molar-refractivity contribution in [2.45, 2.75) is 38.1 Å². The predicted octanol–water partition coefficient (Wildman–Crippen LogP) is 6.38. The summed E-state index contributed by atoms with van der Waals surface area (Å²) in [6.07, 6.45) is -1.91. The van der Waals surface area contributed by atoms with Gasteiger partial charge in [-0.3, -0.25) is 9.59 Å². The third-order valence-corrected chi connectivity index (χ3v) is 8.37. The van der Waals surface area contributed by atoms with Crippen LogP contribution < -0.4 is 34.9 Å². The number of carbonyl (C=O) groups excluding carboxylic acids is 2. The van der Waals surface area contributed by atoms with Crippen molar-refractivity contribution in [3.63, 3.8) is 0 Å². The number of nitrogens with one attached hydrogen (secondary N) is 1. The largest absolute Gasteiger partial charge is 0.497 e. The van der Waals surface area contributed by atoms with Gasteiger partial charge in [-0.2, -0.15) is 0 Å². The summed E-state index contributed by atoms with van der Waals surface area (Å²) in [5.74, 6) is 0.538. The minimum absolute atomic E-state index is 0. The molecule has 0 saturated carbocycles. The summed E-state index contributed by atoms with van der Waals surface area (Å²) in [7, 11) is 4.61. The highest BCUT2D eigenvalue weighted by molar-refractivity contribution is 6.30. The third-order valence-electron chi connectivity index (χ3n) is 8.13. The van der Waals surface area contributed by atoms with Crippen molar-refractivity contribution in [3.05, 3.63) is 112 Å². The number of nitrogens with zero attached hydrogens (tertiary/aromatic N) is 1. The lowest BCUT2D eigenvalue weighted by Gasteiger charge is -2.26. The lowest BCUT2D eigenvalue weighted by atomic mass is 9.97. The number of methoxy groups -OCH3 is 3. The van der Waals surface area contributed by atoms with E-state index in [1.54, 1.807) is 72.7 Å². The van der Waals surface area contributed by atoms with Crippen LogP contribution in [-0.4, -0.2) is 52.4 Å². The molecule has 0 fully saturated rings. The molecule has 50 heavy (non-hydrogen) atoms. The molecule has 0 spiro atoms. The van der Waals surface area contributed by atoms with Gasteiger partial charge in [0.2, 0.25) is 5.91 Å². The number of benzene rings is 4. The van der Waals surface area contributed by atoms with Gasteiger partial charge in [0, 0.05) is 39.9 Å². The third kappa shape index (κ3) is 8.78. The SMILES string of the molecule is COc1ccc(CN2C(=O)[C@H](CC(=O)NCc3ccccc3F)O[C@@H](c3cccc(OCCCN)c3OC)c3cc(Cl)ccc32)c(OC)c1.Cl. The Labute approximate surface area is 302 Å². The van der Waals surface area contributed by atoms with Crippen LogP contribution in [0.2, 0.25) is 5.02 Å². The van der Waals surface area contributed by atoms with Crippen LogP contribution in [0.1, 0.15) is 41.2 Å². The molecular formula is C37H40Cl2FN3O7. The van der Waals surface area contributed by atoms with E-state index in [0.717, 1.165) is 0 Å². The summed E-state index contributed by atoms with van der Waals surface area (Å²) in [5.41, 5.74) is 8.33. The Hall–Kier alpha value is -4.55. The number of fused-ring (bicyclic) bond motifs is 1. The molecule has 1 aliphatic heterocycles. The molecule has 0 aliphatic carbocycles. The standard InChI is InChI=1S/C37H39ClFN3O7.ClH/c1-45-26-14-12-24(32(19-26)46-2)22-42-30-15-13-25(38)18-28(30)35(27-9-6-11-31(36(27)47-3)48-17-7-16-40)49-33(37(42)44)20-34(43)41-21-23-8-4-5-10-29(23)39;/h4-6,8-15,18-19,33,35H,7,16-17,20-22,40H2,1-3H3,(H,41,43);1H/t33-,35-;/m0./s1. The van der Waals surface area contributed by atoms with Gasteiger partial charge < -0.3 is 39.6 Å². The molecule has 0 unspecified atom stereocenters. The molecule has 0 radical (unpaired) electrons. The monoisotopic (exact) mass is 727 g/mol. The van der Waals surface area contributed by atoms with Gasteiger partial charge in [-0.15, -0.1) is 12.4 Å². The molecule has 3 N–H and O–H groups in total. The van der Waals surface area contributed by atoms with Crippen LogP contribution in [-0.2, 0) is 27.4 Å². The van der Waals surface area contributed by atoms with Gasteiger partial charge in [-0.25, -0.2) is 4.39 Å². The van der Waals surface area contributed by atoms with E-state index in [1.807, 2.05) is 12.1 Å². The van der Waals surface area contributed by atoms with Crippen molar-refractivity contribution in [2.75, 3.05) is 39.4 Å². The number of rotatable bonds is 14. The number of nitrogens with two attached hydrogens (primary N) is 1. The summed E-state index contributed by atoms with van der Waals surface area (Å²) in [6, 6.07) is 22.0. The number of hydrogen-bond acceptors (Lipinski definition) is 8. The van der Waals surface area contributed by atoms with Gasteiger partial charge >= 0.3 is 0 Å². The van der Waals surface area contributed by atoms with Crippen molar-refractivity contribution in [1.82, 2.24) is 5.32 Å². The van der Waals surface area contributed by atoms with Crippen LogP contribution in [0, 0.1) is 5.82 Å². The second-order valence-corrected chi connectivity index (χ2v) is 11.7. The lowest BCUT2D eigenvalue weighted by Crippen LogP contribution is -2.41. The highest BCUT2D eigenvalue weighted by Gasteiger charge is 2.39. The zero-order chi connectivity index (χ0) is 34.9. The molecule has 5 rings (SSSR count). The average Bonchev–Trinajstić information content (AvgIpc) is 3.21. The van der Waals surface area contributed by atoms with E-state index in [-0.39, 0.29) is 31.9 Å². The fourth-order valence-corrected chi connectivity index (χ4v) is 5.86. The van der Waals surface area contributed by atoms with Crippen LogP contribution >= 0.6 is 24.0 Å². The molecule has 0 bridgehead atoms. The van der Waals surface area contributed by atoms with Crippen LogP contribution in [0.15, 0.2) is 78.9 Å². The first-order valence-corrected chi connectivity index (χ1v) is 16.1. The zero-order valence-corrected chi connectivity index (χ0v) is 29.5. The fourth-order valence-electron chi connectivity index (χ4n) is 5.67. The maximum absolute atomic E-state index is 14.6. The van der Waals surface area contributed by atoms with E-state index in [4.69, 9.17) is 41.0 Å². The molecule has 2 atom stereocenters. The normalized spacial score (nSPS) is 15.3. The topological polar surface area (TPSA) is 122 Å². The molecule has 4 aromatic rings. The van der Waals surface area contributed by atoms with E-state index >= 15 is 0 Å². The van der Waals surface area contributed by atoms with Gasteiger partial charge in [0.15, 0.2) is 11.5 Å². The van der Waals surface area contributed by atoms with Crippen molar-refractivity contribution >= 4 is 41.5 Å². The number of carbonyl (C=O) groups is 2. The van der Waals surface area contributed by atoms with Crippen LogP contribution in [0.25, 0.3) is 0 Å². The second kappa shape index (κ2) is 17.9. The predicted molar refractivity (Wildman–Crippen MR) is 191 cm³/mol. The Bertz CT molecular complexity index is 1790. The molecule has 4 aromatic carbocycles. The number of para-hydroxylation sites is 1. The van der Waals surface area contributed by atoms with E-state index in [0.29, 0.717) is 75.5 Å². The number of amides is 2. The number of anilines is 1. The van der Waals surface area contributed by atoms with Crippen LogP contribution in [0.3, 0.4) is 0 Å². The number of ether oxygens (including phenoxy) is 5. The first-order valence-electron chi connectivity index (χ1n) is 15.7. The summed E-state index contributed by atoms with van der Waals surface area (Å²) < 4.78 is 43.8. The maximum atomic E-state index is 14.6. The highest BCUT2D eigenvalue weighted by Crippen LogP contribution is 2.46. The fraction of sp³-hybridized carbons (Fsp3) is 0.297. The minimum atomic E-state index is -1.27. The molecule has 0 saturated heterocycles. The first-order chi connectivity index (χ1) is 23.8. The second-order valence-electron chi connectivity index (χ2n) is 11.3. The summed E-state index contributed by atoms with van der Waals surface area (Å²) >= 11 is 6.58. The van der Waals surface area contributed by atoms with Crippen molar-refractivity contribution in [1.29, 1.82) is 0 Å². The first kappa shape index (κ1) is 38.3. The molecular weight excluding hydrogens is 688 g/mol. The highest BCUT2D eigenvalue weighted by atomic mass is 35.5. The van der Waals surface area contributed by atoms with Crippen LogP contribution in [0.4, 0.5) is 10.1 Å². The Morgan fingerprint density at radius 1 is 0.940 bits per heavy atom. The Morgan fingerprint density at radius 3 is 2.46 bits per heavy atom. The van der Waals surface area contributed by atoms with Gasteiger partial charge in [0.25, 0.3) is 5.91 Å². The van der Waals surface area contributed by atoms with E-state index < -0.39 is 29.8 Å². The molecule has 266 valence electrons. The minimum Gasteiger partial charge on any atom is -0.497 e. The summed E-state index contributed by atoms with van der Waals surface area (Å²) in [6.45, 7) is 0.833. The van der Waals surface area contributed by atoms with E-state index in [2.05, 4.69) is 5.32 Å². The molecule has 13 heteroatoms. The van der Waals surface area contributed by atoms with Crippen molar-refractivity contribution in [3.8, 4) is 23.0 Å². The van der Waals surface area contributed by atoms with Crippen molar-refractivity contribution in [2.24, 2.45) is 5.73 Å². The van der Waals surface area contributed by atoms with Gasteiger partial charge in [-0.05, 0) is 55.4 Å². The molecule has 1 aliphatic rings. The van der Waals surface area contributed by atoms with Gasteiger partial charge in [-0.1, -0.05) is 41.9 Å². The van der Waals surface area contributed by atoms with Crippen LogP contribution in [0.5, 0.6) is 23.0 Å². The molecule has 10 nitrogen and oxygen atoms in total. The van der Waals surface area contributed by atoms with Gasteiger partial charge in [0.1, 0.15) is 29.5 Å². The lowest BCUT2D eigenvalue weighted by molar-refractivity contribution is -0.138. The average molecular weight is 729 g/mol. The maximum Gasteiger partial charge on any atom is 0.257 e. The summed E-state index contributed by atoms with van der Waals surface area (Å²) in [5, 5.41) is 3.14. The smallest absolute Gasteiger partial charge is 0.257 e. The Balaban J connectivity index is 0.00000562. The Kier molecular flexibility index (Phi) is 13.7. The van der Waals surface area contributed by atoms with Gasteiger partial charge in [0.05, 0.1) is 46.6 Å². The quantitative estimate of drug-likeness (QED) is 0.144. The number of hydrogen-bond donors (Lipinski definition) is 2. The summed E-state index contributed by atoms with van der Waals surface area (Å²) in [4.78, 5) is 29.5. The molecule has 2 amide bonds. The Morgan fingerprint density at radius 2 is 1.74 bits per heavy atom. The molecule has 0 aromatic heterocycles. The number of halogens is 3. The zero-order valence-electron chi connectivity index (χ0n) is 27.9. The van der Waals surface area contributed by atoms with E-state index in [9.17, 15) is 14.0 Å².